The number of hydrogen-bond acceptors (Lipinski definition) is 3. The van der Waals surface area contributed by atoms with Crippen LogP contribution in [-0.2, 0) is 27.7 Å². The molecule has 2 rings (SSSR count). The van der Waals surface area contributed by atoms with Crippen LogP contribution in [0, 0.1) is 5.82 Å². The third kappa shape index (κ3) is 5.65. The number of hydrogen-bond donors (Lipinski definition) is 2. The molecule has 0 heterocycles. The molecule has 2 aromatic carbocycles. The average Bonchev–Trinajstić information content (AvgIpc) is 2.62. The van der Waals surface area contributed by atoms with Gasteiger partial charge >= 0.3 is 0 Å². The van der Waals surface area contributed by atoms with E-state index in [-0.39, 0.29) is 23.0 Å². The fourth-order valence-corrected chi connectivity index (χ4v) is 3.07. The molecule has 0 saturated carbocycles. The zero-order valence-electron chi connectivity index (χ0n) is 14.0. The highest BCUT2D eigenvalue weighted by Crippen LogP contribution is 2.11. The van der Waals surface area contributed by atoms with E-state index in [1.165, 1.54) is 25.2 Å². The first-order valence-corrected chi connectivity index (χ1v) is 9.43. The van der Waals surface area contributed by atoms with Gasteiger partial charge in [0.15, 0.2) is 0 Å². The number of sulfonamides is 1. The Labute approximate surface area is 147 Å². The fraction of sp³-hybridized carbons (Fsp3) is 0.278. The molecule has 0 atom stereocenters. The summed E-state index contributed by atoms with van der Waals surface area (Å²) in [6, 6.07) is 12.9. The van der Waals surface area contributed by atoms with Crippen molar-refractivity contribution in [3.05, 3.63) is 65.5 Å². The predicted molar refractivity (Wildman–Crippen MR) is 94.1 cm³/mol. The van der Waals surface area contributed by atoms with Gasteiger partial charge in [0.05, 0.1) is 4.90 Å². The van der Waals surface area contributed by atoms with Crippen LogP contribution in [-0.4, -0.2) is 27.9 Å². The third-order valence-corrected chi connectivity index (χ3v) is 5.25. The van der Waals surface area contributed by atoms with Crippen LogP contribution >= 0.6 is 0 Å². The molecule has 2 N–H and O–H groups in total. The highest BCUT2D eigenvalue weighted by Gasteiger charge is 2.10. The number of halogens is 1. The molecule has 0 aliphatic rings. The van der Waals surface area contributed by atoms with E-state index in [1.807, 2.05) is 0 Å². The van der Waals surface area contributed by atoms with Crippen molar-refractivity contribution in [1.82, 2.24) is 10.0 Å². The minimum atomic E-state index is -3.45. The van der Waals surface area contributed by atoms with Gasteiger partial charge in [-0.05, 0) is 49.2 Å². The monoisotopic (exact) mass is 364 g/mol. The van der Waals surface area contributed by atoms with E-state index in [0.717, 1.165) is 5.56 Å². The molecule has 0 fully saturated rings. The Hall–Kier alpha value is -2.25. The van der Waals surface area contributed by atoms with E-state index in [1.54, 1.807) is 30.3 Å². The van der Waals surface area contributed by atoms with Crippen molar-refractivity contribution in [2.24, 2.45) is 0 Å². The molecule has 5 nitrogen and oxygen atoms in total. The number of amides is 1. The first kappa shape index (κ1) is 19.1. The molecule has 1 amide bonds. The average molecular weight is 364 g/mol. The zero-order valence-corrected chi connectivity index (χ0v) is 14.8. The van der Waals surface area contributed by atoms with Crippen LogP contribution in [0.4, 0.5) is 4.39 Å². The van der Waals surface area contributed by atoms with Crippen molar-refractivity contribution in [3.8, 4) is 0 Å². The molecule has 0 aromatic heterocycles. The van der Waals surface area contributed by atoms with E-state index in [2.05, 4.69) is 10.0 Å². The summed E-state index contributed by atoms with van der Waals surface area (Å²) >= 11 is 0. The second kappa shape index (κ2) is 8.73. The van der Waals surface area contributed by atoms with Crippen molar-refractivity contribution in [2.75, 3.05) is 13.6 Å². The minimum absolute atomic E-state index is 0.122. The summed E-state index contributed by atoms with van der Waals surface area (Å²) in [5, 5.41) is 2.76. The summed E-state index contributed by atoms with van der Waals surface area (Å²) < 4.78 is 39.0. The number of rotatable bonds is 8. The Bertz CT molecular complexity index is 820. The van der Waals surface area contributed by atoms with E-state index in [0.29, 0.717) is 24.9 Å². The lowest BCUT2D eigenvalue weighted by Gasteiger charge is -2.07. The second-order valence-corrected chi connectivity index (χ2v) is 7.43. The van der Waals surface area contributed by atoms with Crippen LogP contribution in [0.1, 0.15) is 17.5 Å². The maximum absolute atomic E-state index is 13.5. The van der Waals surface area contributed by atoms with Gasteiger partial charge in [0.25, 0.3) is 0 Å². The van der Waals surface area contributed by atoms with Gasteiger partial charge in [0, 0.05) is 13.0 Å². The second-order valence-electron chi connectivity index (χ2n) is 5.54. The van der Waals surface area contributed by atoms with Gasteiger partial charge in [-0.25, -0.2) is 17.5 Å². The molecule has 0 radical (unpaired) electrons. The van der Waals surface area contributed by atoms with Gasteiger partial charge in [-0.1, -0.05) is 30.3 Å². The van der Waals surface area contributed by atoms with Gasteiger partial charge < -0.3 is 5.32 Å². The first-order valence-electron chi connectivity index (χ1n) is 7.95. The van der Waals surface area contributed by atoms with Gasteiger partial charge in [-0.3, -0.25) is 4.79 Å². The van der Waals surface area contributed by atoms with Crippen molar-refractivity contribution in [2.45, 2.75) is 24.2 Å². The number of aryl methyl sites for hydroxylation is 1. The Kier molecular flexibility index (Phi) is 6.66. The lowest BCUT2D eigenvalue weighted by Crippen LogP contribution is -2.26. The van der Waals surface area contributed by atoms with E-state index >= 15 is 0 Å². The normalized spacial score (nSPS) is 11.3. The van der Waals surface area contributed by atoms with E-state index in [9.17, 15) is 17.6 Å². The molecule has 7 heteroatoms. The summed E-state index contributed by atoms with van der Waals surface area (Å²) in [5.74, 6) is -0.392. The molecule has 0 unspecified atom stereocenters. The summed E-state index contributed by atoms with van der Waals surface area (Å²) in [6.45, 7) is 0.374. The molecule has 0 spiro atoms. The van der Waals surface area contributed by atoms with E-state index in [4.69, 9.17) is 0 Å². The Morgan fingerprint density at radius 1 is 1.04 bits per heavy atom. The summed E-state index contributed by atoms with van der Waals surface area (Å²) in [4.78, 5) is 12.0. The van der Waals surface area contributed by atoms with Gasteiger partial charge in [-0.2, -0.15) is 0 Å². The molecule has 134 valence electrons. The maximum Gasteiger partial charge on any atom is 0.240 e. The van der Waals surface area contributed by atoms with Crippen molar-refractivity contribution < 1.29 is 17.6 Å². The van der Waals surface area contributed by atoms with Crippen LogP contribution < -0.4 is 10.0 Å². The molecular formula is C18H21FN2O3S. The van der Waals surface area contributed by atoms with Gasteiger partial charge in [0.1, 0.15) is 5.82 Å². The van der Waals surface area contributed by atoms with Crippen molar-refractivity contribution in [3.63, 3.8) is 0 Å². The molecule has 0 saturated heterocycles. The van der Waals surface area contributed by atoms with Crippen LogP contribution in [0.25, 0.3) is 0 Å². The standard InChI is InChI=1S/C18H21FN2O3S/c1-20-25(23,24)16-9-6-14(7-10-16)8-11-18(22)21-13-12-15-4-2-3-5-17(15)19/h2-7,9-10,20H,8,11-13H2,1H3,(H,21,22). The summed E-state index contributed by atoms with van der Waals surface area (Å²) in [7, 11) is -2.09. The van der Waals surface area contributed by atoms with Crippen molar-refractivity contribution in [1.29, 1.82) is 0 Å². The van der Waals surface area contributed by atoms with Crippen molar-refractivity contribution >= 4 is 15.9 Å². The number of carbonyl (C=O) groups excluding carboxylic acids is 1. The van der Waals surface area contributed by atoms with Gasteiger partial charge in [-0.15, -0.1) is 0 Å². The zero-order chi connectivity index (χ0) is 18.3. The van der Waals surface area contributed by atoms with Crippen LogP contribution in [0.15, 0.2) is 53.4 Å². The topological polar surface area (TPSA) is 75.3 Å². The first-order chi connectivity index (χ1) is 11.9. The molecule has 0 bridgehead atoms. The predicted octanol–water partition coefficient (Wildman–Crippen LogP) is 2.03. The van der Waals surface area contributed by atoms with Crippen LogP contribution in [0.2, 0.25) is 0 Å². The highest BCUT2D eigenvalue weighted by atomic mass is 32.2. The Balaban J connectivity index is 1.77. The molecule has 25 heavy (non-hydrogen) atoms. The molecule has 2 aromatic rings. The molecule has 0 aliphatic heterocycles. The quantitative estimate of drug-likeness (QED) is 0.753. The smallest absolute Gasteiger partial charge is 0.240 e. The summed E-state index contributed by atoms with van der Waals surface area (Å²) in [6.07, 6.45) is 1.23. The van der Waals surface area contributed by atoms with Crippen LogP contribution in [0.5, 0.6) is 0 Å². The third-order valence-electron chi connectivity index (χ3n) is 3.82. The minimum Gasteiger partial charge on any atom is -0.356 e. The van der Waals surface area contributed by atoms with Gasteiger partial charge in [0.2, 0.25) is 15.9 Å². The van der Waals surface area contributed by atoms with E-state index < -0.39 is 10.0 Å². The Morgan fingerprint density at radius 3 is 2.36 bits per heavy atom. The fourth-order valence-electron chi connectivity index (χ4n) is 2.34. The lowest BCUT2D eigenvalue weighted by atomic mass is 10.1. The number of nitrogens with one attached hydrogen (secondary N) is 2. The van der Waals surface area contributed by atoms with Crippen LogP contribution in [0.3, 0.4) is 0 Å². The Morgan fingerprint density at radius 2 is 1.72 bits per heavy atom. The number of benzene rings is 2. The summed E-state index contributed by atoms with van der Waals surface area (Å²) in [5.41, 5.74) is 1.45. The molecule has 0 aliphatic carbocycles. The largest absolute Gasteiger partial charge is 0.356 e. The lowest BCUT2D eigenvalue weighted by molar-refractivity contribution is -0.121. The highest BCUT2D eigenvalue weighted by molar-refractivity contribution is 7.89. The SMILES string of the molecule is CNS(=O)(=O)c1ccc(CCC(=O)NCCc2ccccc2F)cc1. The number of carbonyl (C=O) groups is 1. The molecular weight excluding hydrogens is 343 g/mol. The maximum atomic E-state index is 13.5.